The summed E-state index contributed by atoms with van der Waals surface area (Å²) in [6, 6.07) is 21.6. The van der Waals surface area contributed by atoms with Gasteiger partial charge in [0.05, 0.1) is 31.3 Å². The Bertz CT molecular complexity index is 1410. The Morgan fingerprint density at radius 2 is 1.57 bits per heavy atom. The number of hydrogen-bond donors (Lipinski definition) is 3. The van der Waals surface area contributed by atoms with E-state index >= 15 is 0 Å². The molecule has 4 rings (SSSR count). The molecule has 176 valence electrons. The fraction of sp³-hybridized carbons (Fsp3) is 0.0769. The smallest absolute Gasteiger partial charge is 0.354 e. The molecule has 3 N–H and O–H groups in total. The molecule has 9 heteroatoms. The number of nitrogens with one attached hydrogen (secondary N) is 3. The van der Waals surface area contributed by atoms with Gasteiger partial charge in [-0.15, -0.1) is 0 Å². The van der Waals surface area contributed by atoms with Gasteiger partial charge in [-0.25, -0.2) is 14.6 Å². The van der Waals surface area contributed by atoms with Gasteiger partial charge < -0.3 is 25.1 Å². The summed E-state index contributed by atoms with van der Waals surface area (Å²) in [6.45, 7) is 0. The number of aromatic nitrogens is 2. The number of benzene rings is 3. The quantitative estimate of drug-likeness (QED) is 0.274. The van der Waals surface area contributed by atoms with Crippen LogP contribution in [0.5, 0.6) is 0 Å². The normalized spacial score (nSPS) is 11.1. The van der Waals surface area contributed by atoms with Crippen molar-refractivity contribution >= 4 is 40.3 Å². The number of carbonyl (C=O) groups is 3. The van der Waals surface area contributed by atoms with E-state index in [1.165, 1.54) is 14.2 Å². The zero-order valence-corrected chi connectivity index (χ0v) is 19.0. The molecule has 0 spiro atoms. The molecule has 0 unspecified atom stereocenters. The Hall–Kier alpha value is -4.92. The molecule has 0 fully saturated rings. The summed E-state index contributed by atoms with van der Waals surface area (Å²) in [5, 5.41) is 5.74. The summed E-state index contributed by atoms with van der Waals surface area (Å²) in [6.07, 6.45) is 1.02. The molecule has 0 atom stereocenters. The van der Waals surface area contributed by atoms with Gasteiger partial charge in [-0.05, 0) is 54.6 Å². The first kappa shape index (κ1) is 23.2. The van der Waals surface area contributed by atoms with Gasteiger partial charge in [-0.2, -0.15) is 0 Å². The number of amides is 1. The number of fused-ring (bicyclic) bond motifs is 1. The first-order valence-corrected chi connectivity index (χ1v) is 10.6. The number of methoxy groups -OCH3 is 2. The number of nitrogens with zero attached hydrogens (tertiary/aromatic N) is 1. The minimum Gasteiger partial charge on any atom is -0.466 e. The van der Waals surface area contributed by atoms with E-state index in [4.69, 9.17) is 4.74 Å². The fourth-order valence-corrected chi connectivity index (χ4v) is 3.32. The summed E-state index contributed by atoms with van der Waals surface area (Å²) in [4.78, 5) is 43.7. The van der Waals surface area contributed by atoms with E-state index in [0.29, 0.717) is 33.8 Å². The molecular weight excluding hydrogens is 448 g/mol. The molecule has 0 aliphatic rings. The van der Waals surface area contributed by atoms with Crippen molar-refractivity contribution in [3.05, 3.63) is 90.1 Å². The average molecular weight is 470 g/mol. The molecule has 0 radical (unpaired) electrons. The SMILES string of the molecule is COC(=O)/C=C(/Nc1ccc2nc(-c3ccc(NC(=O)c4ccccc4)cc3)[nH]c2c1)C(=O)OC. The second kappa shape index (κ2) is 10.3. The van der Waals surface area contributed by atoms with Crippen molar-refractivity contribution in [3.8, 4) is 11.4 Å². The van der Waals surface area contributed by atoms with Crippen LogP contribution in [-0.2, 0) is 19.1 Å². The zero-order valence-electron chi connectivity index (χ0n) is 19.0. The topological polar surface area (TPSA) is 122 Å². The minimum atomic E-state index is -0.708. The minimum absolute atomic E-state index is 0.0634. The lowest BCUT2D eigenvalue weighted by atomic mass is 10.1. The van der Waals surface area contributed by atoms with Gasteiger partial charge >= 0.3 is 11.9 Å². The van der Waals surface area contributed by atoms with E-state index in [1.807, 2.05) is 30.3 Å². The third kappa shape index (κ3) is 5.53. The highest BCUT2D eigenvalue weighted by Gasteiger charge is 2.14. The van der Waals surface area contributed by atoms with Crippen molar-refractivity contribution in [3.63, 3.8) is 0 Å². The lowest BCUT2D eigenvalue weighted by Gasteiger charge is -2.08. The van der Waals surface area contributed by atoms with E-state index in [2.05, 4.69) is 25.3 Å². The molecule has 0 bridgehead atoms. The number of hydrogen-bond acceptors (Lipinski definition) is 7. The van der Waals surface area contributed by atoms with Crippen molar-refractivity contribution in [1.29, 1.82) is 0 Å². The van der Waals surface area contributed by atoms with E-state index in [9.17, 15) is 14.4 Å². The molecule has 3 aromatic carbocycles. The van der Waals surface area contributed by atoms with Crippen LogP contribution in [0.15, 0.2) is 84.6 Å². The molecule has 1 amide bonds. The molecule has 1 aromatic heterocycles. The van der Waals surface area contributed by atoms with Crippen LogP contribution in [0.4, 0.5) is 11.4 Å². The Morgan fingerprint density at radius 1 is 0.857 bits per heavy atom. The third-order valence-electron chi connectivity index (χ3n) is 5.08. The van der Waals surface area contributed by atoms with Crippen LogP contribution in [0.2, 0.25) is 0 Å². The van der Waals surface area contributed by atoms with Gasteiger partial charge in [0, 0.05) is 22.5 Å². The standard InChI is InChI=1S/C26H22N4O5/c1-34-23(31)15-22(26(33)35-2)27-19-12-13-20-21(14-19)30-24(29-20)16-8-10-18(11-9-16)28-25(32)17-6-4-3-5-7-17/h3-15,27H,1-2H3,(H,28,32)(H,29,30)/b22-15+. The number of anilines is 2. The molecular formula is C26H22N4O5. The van der Waals surface area contributed by atoms with Crippen LogP contribution >= 0.6 is 0 Å². The van der Waals surface area contributed by atoms with Crippen molar-refractivity contribution < 1.29 is 23.9 Å². The number of rotatable bonds is 7. The largest absolute Gasteiger partial charge is 0.466 e. The fourth-order valence-electron chi connectivity index (χ4n) is 3.32. The molecule has 0 aliphatic carbocycles. The molecule has 4 aromatic rings. The van der Waals surface area contributed by atoms with Crippen LogP contribution in [0, 0.1) is 0 Å². The maximum Gasteiger partial charge on any atom is 0.354 e. The van der Waals surface area contributed by atoms with Gasteiger partial charge in [-0.1, -0.05) is 18.2 Å². The second-order valence-corrected chi connectivity index (χ2v) is 7.41. The van der Waals surface area contributed by atoms with Crippen LogP contribution in [-0.4, -0.2) is 42.0 Å². The van der Waals surface area contributed by atoms with Gasteiger partial charge in [0.15, 0.2) is 0 Å². The number of carbonyl (C=O) groups excluding carboxylic acids is 3. The number of H-pyrrole nitrogens is 1. The van der Waals surface area contributed by atoms with Crippen LogP contribution in [0.25, 0.3) is 22.4 Å². The maximum absolute atomic E-state index is 12.3. The molecule has 35 heavy (non-hydrogen) atoms. The first-order valence-electron chi connectivity index (χ1n) is 10.6. The van der Waals surface area contributed by atoms with Crippen LogP contribution in [0.1, 0.15) is 10.4 Å². The van der Waals surface area contributed by atoms with E-state index < -0.39 is 11.9 Å². The van der Waals surface area contributed by atoms with Gasteiger partial charge in [-0.3, -0.25) is 4.79 Å². The van der Waals surface area contributed by atoms with Crippen molar-refractivity contribution in [2.24, 2.45) is 0 Å². The Kier molecular flexibility index (Phi) is 6.87. The highest BCUT2D eigenvalue weighted by atomic mass is 16.5. The lowest BCUT2D eigenvalue weighted by molar-refractivity contribution is -0.138. The second-order valence-electron chi connectivity index (χ2n) is 7.41. The van der Waals surface area contributed by atoms with Crippen molar-refractivity contribution in [2.45, 2.75) is 0 Å². The van der Waals surface area contributed by atoms with Gasteiger partial charge in [0.2, 0.25) is 0 Å². The van der Waals surface area contributed by atoms with Crippen molar-refractivity contribution in [2.75, 3.05) is 24.9 Å². The summed E-state index contributed by atoms with van der Waals surface area (Å²) in [7, 11) is 2.44. The first-order chi connectivity index (χ1) is 17.0. The molecule has 1 heterocycles. The zero-order chi connectivity index (χ0) is 24.8. The Balaban J connectivity index is 1.52. The maximum atomic E-state index is 12.3. The highest BCUT2D eigenvalue weighted by molar-refractivity contribution is 6.04. The lowest BCUT2D eigenvalue weighted by Crippen LogP contribution is -2.15. The third-order valence-corrected chi connectivity index (χ3v) is 5.08. The van der Waals surface area contributed by atoms with Crippen molar-refractivity contribution in [1.82, 2.24) is 9.97 Å². The predicted molar refractivity (Wildman–Crippen MR) is 132 cm³/mol. The average Bonchev–Trinajstić information content (AvgIpc) is 3.32. The van der Waals surface area contributed by atoms with E-state index in [0.717, 1.165) is 11.6 Å². The summed E-state index contributed by atoms with van der Waals surface area (Å²) in [5.74, 6) is -0.947. The van der Waals surface area contributed by atoms with Crippen LogP contribution in [0.3, 0.4) is 0 Å². The number of ether oxygens (including phenoxy) is 2. The highest BCUT2D eigenvalue weighted by Crippen LogP contribution is 2.25. The molecule has 0 saturated carbocycles. The van der Waals surface area contributed by atoms with E-state index in [1.54, 1.807) is 42.5 Å². The molecule has 0 aliphatic heterocycles. The Labute approximate surface area is 200 Å². The van der Waals surface area contributed by atoms with Gasteiger partial charge in [0.1, 0.15) is 11.5 Å². The monoisotopic (exact) mass is 470 g/mol. The molecule has 0 saturated heterocycles. The summed E-state index contributed by atoms with van der Waals surface area (Å²) in [5.41, 5.74) is 3.98. The summed E-state index contributed by atoms with van der Waals surface area (Å²) >= 11 is 0. The predicted octanol–water partition coefficient (Wildman–Crippen LogP) is 4.12. The van der Waals surface area contributed by atoms with Gasteiger partial charge in [0.25, 0.3) is 5.91 Å². The van der Waals surface area contributed by atoms with Crippen LogP contribution < -0.4 is 10.6 Å². The van der Waals surface area contributed by atoms with E-state index in [-0.39, 0.29) is 11.6 Å². The molecule has 9 nitrogen and oxygen atoms in total. The summed E-state index contributed by atoms with van der Waals surface area (Å²) < 4.78 is 9.30. The Morgan fingerprint density at radius 3 is 2.26 bits per heavy atom. The number of aromatic amines is 1. The number of esters is 2. The number of imidazole rings is 1.